The van der Waals surface area contributed by atoms with E-state index in [2.05, 4.69) is 31.3 Å². The molecule has 1 saturated carbocycles. The minimum atomic E-state index is -0.966. The van der Waals surface area contributed by atoms with E-state index in [0.717, 1.165) is 53.5 Å². The second kappa shape index (κ2) is 14.7. The van der Waals surface area contributed by atoms with Crippen molar-refractivity contribution >= 4 is 35.9 Å². The van der Waals surface area contributed by atoms with Gasteiger partial charge in [0.05, 0.1) is 5.56 Å². The second-order valence-electron chi connectivity index (χ2n) is 11.1. The predicted molar refractivity (Wildman–Crippen MR) is 169 cm³/mol. The number of carboxylic acids is 1. The van der Waals surface area contributed by atoms with E-state index in [-0.39, 0.29) is 35.7 Å². The number of hydrogen-bond donors (Lipinski definition) is 5. The van der Waals surface area contributed by atoms with Crippen molar-refractivity contribution in [2.24, 2.45) is 17.6 Å². The number of amides is 2. The van der Waals surface area contributed by atoms with E-state index >= 15 is 0 Å². The number of nitrogens with two attached hydrogens (primary N) is 1. The maximum Gasteiger partial charge on any atom is 0.335 e. The number of hydrogen-bond acceptors (Lipinski definition) is 7. The first-order chi connectivity index (χ1) is 20.8. The molecule has 1 fully saturated rings. The quantitative estimate of drug-likeness (QED) is 0.174. The Bertz CT molecular complexity index is 1570. The number of anilines is 1. The molecular formula is C32H36ClN7O4. The fraction of sp³-hybridized carbons (Fsp3) is 0.312. The Morgan fingerprint density at radius 1 is 0.977 bits per heavy atom. The minimum absolute atomic E-state index is 0. The van der Waals surface area contributed by atoms with Crippen LogP contribution in [0, 0.1) is 18.8 Å². The largest absolute Gasteiger partial charge is 0.478 e. The monoisotopic (exact) mass is 617 g/mol. The van der Waals surface area contributed by atoms with Gasteiger partial charge < -0.3 is 21.5 Å². The number of nitrogens with zero attached hydrogens (tertiary/aromatic N) is 3. The molecule has 1 atom stereocenters. The standard InChI is InChI=1S/C32H35N7O4.ClH/c1-19-16-25(32(42)43)12-15-27(19)22-6-2-20(3-7-22)17-28(35-30(40)24-8-4-21(18-33)5-9-24)31(41)34-26-13-10-23(11-14-26)29-36-38-39-37-29;/h2-3,6-7,10-16,21,24,28H,4-5,8-9,17-18,33H2,1H3,(H,34,41)(H,35,40)(H,42,43)(H,36,37,38,39);1H/t21-,24-,28-;/m0./s1. The predicted octanol–water partition coefficient (Wildman–Crippen LogP) is 4.39. The zero-order chi connectivity index (χ0) is 30.3. The molecule has 5 rings (SSSR count). The van der Waals surface area contributed by atoms with Crippen molar-refractivity contribution in [3.8, 4) is 22.5 Å². The summed E-state index contributed by atoms with van der Waals surface area (Å²) in [5.74, 6) is -0.655. The first-order valence-electron chi connectivity index (χ1n) is 14.4. The van der Waals surface area contributed by atoms with Gasteiger partial charge in [-0.25, -0.2) is 4.79 Å². The molecule has 0 unspecified atom stereocenters. The molecule has 0 aliphatic heterocycles. The normalized spacial score (nSPS) is 16.8. The van der Waals surface area contributed by atoms with Gasteiger partial charge in [0.2, 0.25) is 17.6 Å². The van der Waals surface area contributed by atoms with Crippen molar-refractivity contribution in [1.82, 2.24) is 25.9 Å². The van der Waals surface area contributed by atoms with Crippen LogP contribution >= 0.6 is 12.4 Å². The van der Waals surface area contributed by atoms with E-state index in [1.165, 1.54) is 0 Å². The van der Waals surface area contributed by atoms with Crippen LogP contribution in [-0.2, 0) is 16.0 Å². The van der Waals surface area contributed by atoms with E-state index in [1.807, 2.05) is 31.2 Å². The summed E-state index contributed by atoms with van der Waals surface area (Å²) in [6.07, 6.45) is 3.63. The molecule has 6 N–H and O–H groups in total. The third-order valence-corrected chi connectivity index (χ3v) is 8.12. The molecule has 12 heteroatoms. The molecule has 1 aliphatic rings. The maximum absolute atomic E-state index is 13.5. The number of carbonyl (C=O) groups excluding carboxylic acids is 2. The van der Waals surface area contributed by atoms with Gasteiger partial charge in [-0.3, -0.25) is 9.59 Å². The van der Waals surface area contributed by atoms with Crippen molar-refractivity contribution in [2.75, 3.05) is 11.9 Å². The molecule has 0 saturated heterocycles. The summed E-state index contributed by atoms with van der Waals surface area (Å²) in [5, 5.41) is 29.2. The highest BCUT2D eigenvalue weighted by molar-refractivity contribution is 5.98. The summed E-state index contributed by atoms with van der Waals surface area (Å²) < 4.78 is 0. The molecule has 3 aromatic carbocycles. The molecule has 11 nitrogen and oxygen atoms in total. The molecular weight excluding hydrogens is 582 g/mol. The van der Waals surface area contributed by atoms with E-state index in [4.69, 9.17) is 5.73 Å². The van der Waals surface area contributed by atoms with Crippen LogP contribution in [0.5, 0.6) is 0 Å². The number of aryl methyl sites for hydroxylation is 1. The number of halogens is 1. The first-order valence-corrected chi connectivity index (χ1v) is 14.4. The minimum Gasteiger partial charge on any atom is -0.478 e. The van der Waals surface area contributed by atoms with Crippen LogP contribution in [0.3, 0.4) is 0 Å². The lowest BCUT2D eigenvalue weighted by Gasteiger charge is -2.28. The van der Waals surface area contributed by atoms with Gasteiger partial charge in [-0.15, -0.1) is 22.6 Å². The van der Waals surface area contributed by atoms with Gasteiger partial charge in [0.1, 0.15) is 6.04 Å². The van der Waals surface area contributed by atoms with E-state index in [9.17, 15) is 19.5 Å². The molecule has 4 aromatic rings. The third-order valence-electron chi connectivity index (χ3n) is 8.12. The number of carboxylic acid groups (broad SMARTS) is 1. The summed E-state index contributed by atoms with van der Waals surface area (Å²) in [4.78, 5) is 38.1. The number of H-pyrrole nitrogens is 1. The molecule has 1 heterocycles. The maximum atomic E-state index is 13.5. The molecule has 230 valence electrons. The molecule has 1 aliphatic carbocycles. The van der Waals surface area contributed by atoms with Gasteiger partial charge in [0.25, 0.3) is 0 Å². The zero-order valence-corrected chi connectivity index (χ0v) is 25.1. The molecule has 0 spiro atoms. The van der Waals surface area contributed by atoms with E-state index in [1.54, 1.807) is 42.5 Å². The summed E-state index contributed by atoms with van der Waals surface area (Å²) in [6, 6.07) is 19.1. The van der Waals surface area contributed by atoms with Crippen LogP contribution in [0.4, 0.5) is 5.69 Å². The van der Waals surface area contributed by atoms with Crippen LogP contribution in [0.2, 0.25) is 0 Å². The van der Waals surface area contributed by atoms with Crippen LogP contribution < -0.4 is 16.4 Å². The lowest BCUT2D eigenvalue weighted by atomic mass is 9.81. The Morgan fingerprint density at radius 2 is 1.66 bits per heavy atom. The van der Waals surface area contributed by atoms with Gasteiger partial charge in [-0.1, -0.05) is 30.3 Å². The van der Waals surface area contributed by atoms with Crippen molar-refractivity contribution in [1.29, 1.82) is 0 Å². The second-order valence-corrected chi connectivity index (χ2v) is 11.1. The van der Waals surface area contributed by atoms with Crippen molar-refractivity contribution in [3.63, 3.8) is 0 Å². The van der Waals surface area contributed by atoms with Crippen molar-refractivity contribution in [3.05, 3.63) is 83.4 Å². The Labute approximate surface area is 261 Å². The molecule has 44 heavy (non-hydrogen) atoms. The lowest BCUT2D eigenvalue weighted by Crippen LogP contribution is -2.48. The zero-order valence-electron chi connectivity index (χ0n) is 24.3. The van der Waals surface area contributed by atoms with E-state index < -0.39 is 12.0 Å². The molecule has 2 amide bonds. The SMILES string of the molecule is Cc1cc(C(=O)O)ccc1-c1ccc(C[C@H](NC(=O)[C@H]2CC[C@H](CN)CC2)C(=O)Nc2ccc(-c3nn[nH]n3)cc2)cc1.Cl. The number of rotatable bonds is 10. The number of aromatic amines is 1. The molecule has 0 radical (unpaired) electrons. The van der Waals surface area contributed by atoms with Crippen LogP contribution in [-0.4, -0.2) is 56.1 Å². The summed E-state index contributed by atoms with van der Waals surface area (Å²) in [7, 11) is 0. The fourth-order valence-corrected chi connectivity index (χ4v) is 5.55. The fourth-order valence-electron chi connectivity index (χ4n) is 5.55. The molecule has 1 aromatic heterocycles. The Kier molecular flexibility index (Phi) is 10.8. The lowest BCUT2D eigenvalue weighted by molar-refractivity contribution is -0.130. The van der Waals surface area contributed by atoms with Gasteiger partial charge in [-0.2, -0.15) is 5.21 Å². The Hall–Kier alpha value is -4.61. The van der Waals surface area contributed by atoms with Crippen molar-refractivity contribution in [2.45, 2.75) is 45.1 Å². The number of aromatic nitrogens is 4. The Morgan fingerprint density at radius 3 is 2.25 bits per heavy atom. The highest BCUT2D eigenvalue weighted by Gasteiger charge is 2.29. The van der Waals surface area contributed by atoms with Crippen LogP contribution in [0.15, 0.2) is 66.7 Å². The van der Waals surface area contributed by atoms with Gasteiger partial charge in [-0.05, 0) is 109 Å². The van der Waals surface area contributed by atoms with Crippen LogP contribution in [0.1, 0.15) is 47.2 Å². The Balaban J connectivity index is 0.00000442. The third kappa shape index (κ3) is 7.86. The smallest absolute Gasteiger partial charge is 0.335 e. The summed E-state index contributed by atoms with van der Waals surface area (Å²) in [5.41, 5.74) is 11.0. The van der Waals surface area contributed by atoms with Crippen LogP contribution in [0.25, 0.3) is 22.5 Å². The number of aromatic carboxylic acids is 1. The number of carbonyl (C=O) groups is 3. The highest BCUT2D eigenvalue weighted by Crippen LogP contribution is 2.29. The molecule has 0 bridgehead atoms. The summed E-state index contributed by atoms with van der Waals surface area (Å²) >= 11 is 0. The first kappa shape index (κ1) is 32.3. The van der Waals surface area contributed by atoms with E-state index in [0.29, 0.717) is 30.4 Å². The number of benzene rings is 3. The number of nitrogens with one attached hydrogen (secondary N) is 3. The van der Waals surface area contributed by atoms with Gasteiger partial charge in [0.15, 0.2) is 0 Å². The summed E-state index contributed by atoms with van der Waals surface area (Å²) in [6.45, 7) is 2.51. The average Bonchev–Trinajstić information content (AvgIpc) is 3.57. The topological polar surface area (TPSA) is 176 Å². The highest BCUT2D eigenvalue weighted by atomic mass is 35.5. The number of tetrazole rings is 1. The average molecular weight is 618 g/mol. The van der Waals surface area contributed by atoms with Gasteiger partial charge in [0, 0.05) is 23.6 Å². The van der Waals surface area contributed by atoms with Gasteiger partial charge >= 0.3 is 5.97 Å². The van der Waals surface area contributed by atoms with Crippen molar-refractivity contribution < 1.29 is 19.5 Å².